The van der Waals surface area contributed by atoms with E-state index in [1.54, 1.807) is 24.3 Å². The van der Waals surface area contributed by atoms with Gasteiger partial charge in [0.2, 0.25) is 0 Å². The Morgan fingerprint density at radius 1 is 0.944 bits per heavy atom. The highest BCUT2D eigenvalue weighted by molar-refractivity contribution is 6.42. The number of hydrogen-bond donors (Lipinski definition) is 2. The molecule has 0 aliphatic carbocycles. The molecule has 2 N–H and O–H groups in total. The lowest BCUT2D eigenvalue weighted by molar-refractivity contribution is 0.0694. The molecular formula is C13H8Cl2O3. The molecule has 18 heavy (non-hydrogen) atoms. The summed E-state index contributed by atoms with van der Waals surface area (Å²) in [4.78, 5) is 10.9. The van der Waals surface area contributed by atoms with Crippen LogP contribution in [0, 0.1) is 0 Å². The van der Waals surface area contributed by atoms with Gasteiger partial charge in [-0.25, -0.2) is 4.79 Å². The second kappa shape index (κ2) is 4.88. The topological polar surface area (TPSA) is 57.5 Å². The highest BCUT2D eigenvalue weighted by atomic mass is 35.5. The van der Waals surface area contributed by atoms with Crippen molar-refractivity contribution in [1.29, 1.82) is 0 Å². The molecule has 0 unspecified atom stereocenters. The number of hydrogen-bond acceptors (Lipinski definition) is 2. The third-order valence-corrected chi connectivity index (χ3v) is 3.22. The normalized spacial score (nSPS) is 10.3. The molecule has 2 aromatic carbocycles. The third kappa shape index (κ3) is 2.42. The van der Waals surface area contributed by atoms with Crippen molar-refractivity contribution in [3.05, 3.63) is 52.0 Å². The van der Waals surface area contributed by atoms with Crippen molar-refractivity contribution in [3.63, 3.8) is 0 Å². The van der Waals surface area contributed by atoms with Gasteiger partial charge in [-0.1, -0.05) is 35.3 Å². The Balaban J connectivity index is 2.54. The number of rotatable bonds is 2. The van der Waals surface area contributed by atoms with Crippen LogP contribution in [0.5, 0.6) is 5.75 Å². The van der Waals surface area contributed by atoms with Gasteiger partial charge in [0.1, 0.15) is 11.3 Å². The van der Waals surface area contributed by atoms with Crippen LogP contribution >= 0.6 is 23.2 Å². The lowest BCUT2D eigenvalue weighted by atomic mass is 10.0. The number of aromatic hydroxyl groups is 1. The molecule has 5 heteroatoms. The second-order valence-electron chi connectivity index (χ2n) is 3.67. The predicted molar refractivity (Wildman–Crippen MR) is 70.5 cm³/mol. The van der Waals surface area contributed by atoms with Crippen LogP contribution < -0.4 is 0 Å². The maximum atomic E-state index is 10.9. The Morgan fingerprint density at radius 2 is 1.56 bits per heavy atom. The van der Waals surface area contributed by atoms with E-state index in [2.05, 4.69) is 0 Å². The maximum absolute atomic E-state index is 10.9. The fourth-order valence-electron chi connectivity index (χ4n) is 1.56. The molecule has 0 atom stereocenters. The van der Waals surface area contributed by atoms with Crippen LogP contribution in [0.25, 0.3) is 11.1 Å². The molecule has 0 spiro atoms. The van der Waals surface area contributed by atoms with Crippen LogP contribution in [0.15, 0.2) is 36.4 Å². The van der Waals surface area contributed by atoms with Gasteiger partial charge >= 0.3 is 5.97 Å². The molecule has 0 aliphatic rings. The van der Waals surface area contributed by atoms with Crippen molar-refractivity contribution in [2.24, 2.45) is 0 Å². The van der Waals surface area contributed by atoms with Crippen LogP contribution in [0.3, 0.4) is 0 Å². The van der Waals surface area contributed by atoms with Gasteiger partial charge in [0, 0.05) is 0 Å². The average molecular weight is 283 g/mol. The molecule has 0 aliphatic heterocycles. The van der Waals surface area contributed by atoms with Gasteiger partial charge in [-0.05, 0) is 35.4 Å². The predicted octanol–water partition coefficient (Wildman–Crippen LogP) is 4.06. The first-order chi connectivity index (χ1) is 8.49. The van der Waals surface area contributed by atoms with E-state index in [9.17, 15) is 9.90 Å². The molecule has 0 saturated heterocycles. The molecule has 0 saturated carbocycles. The molecule has 0 amide bonds. The first-order valence-corrected chi connectivity index (χ1v) is 5.76. The summed E-state index contributed by atoms with van der Waals surface area (Å²) in [5.74, 6) is -1.46. The van der Waals surface area contributed by atoms with E-state index in [-0.39, 0.29) is 11.3 Å². The van der Waals surface area contributed by atoms with E-state index in [0.717, 1.165) is 5.56 Å². The van der Waals surface area contributed by atoms with Gasteiger partial charge in [-0.2, -0.15) is 0 Å². The van der Waals surface area contributed by atoms with E-state index in [1.807, 2.05) is 0 Å². The summed E-state index contributed by atoms with van der Waals surface area (Å²) < 4.78 is 0. The minimum atomic E-state index is -1.19. The maximum Gasteiger partial charge on any atom is 0.339 e. The minimum absolute atomic E-state index is 0.154. The van der Waals surface area contributed by atoms with Crippen molar-refractivity contribution in [2.75, 3.05) is 0 Å². The van der Waals surface area contributed by atoms with Crippen molar-refractivity contribution < 1.29 is 15.0 Å². The van der Waals surface area contributed by atoms with Crippen molar-refractivity contribution >= 4 is 29.2 Å². The van der Waals surface area contributed by atoms with Gasteiger partial charge in [0.25, 0.3) is 0 Å². The van der Waals surface area contributed by atoms with E-state index in [0.29, 0.717) is 15.6 Å². The Kier molecular flexibility index (Phi) is 3.45. The SMILES string of the molecule is O=C(O)c1cc(-c2ccc(Cl)c(Cl)c2)ccc1O. The number of carboxylic acids is 1. The number of carbonyl (C=O) groups is 1. The van der Waals surface area contributed by atoms with Crippen molar-refractivity contribution in [2.45, 2.75) is 0 Å². The highest BCUT2D eigenvalue weighted by Gasteiger charge is 2.11. The summed E-state index contributed by atoms with van der Waals surface area (Å²) >= 11 is 11.7. The Morgan fingerprint density at radius 3 is 2.17 bits per heavy atom. The van der Waals surface area contributed by atoms with Gasteiger partial charge < -0.3 is 10.2 Å². The molecule has 2 rings (SSSR count). The fourth-order valence-corrected chi connectivity index (χ4v) is 1.86. The van der Waals surface area contributed by atoms with Crippen molar-refractivity contribution in [1.82, 2.24) is 0 Å². The van der Waals surface area contributed by atoms with Crippen LogP contribution in [0.4, 0.5) is 0 Å². The molecule has 0 heterocycles. The lowest BCUT2D eigenvalue weighted by Gasteiger charge is -2.06. The number of phenols is 1. The standard InChI is InChI=1S/C13H8Cl2O3/c14-10-3-1-8(6-11(10)15)7-2-4-12(16)9(5-7)13(17)18/h1-6,16H,(H,17,18). The molecule has 0 radical (unpaired) electrons. The van der Waals surface area contributed by atoms with Crippen LogP contribution in [-0.4, -0.2) is 16.2 Å². The molecule has 2 aromatic rings. The summed E-state index contributed by atoms with van der Waals surface area (Å²) in [5, 5.41) is 19.2. The zero-order valence-corrected chi connectivity index (χ0v) is 10.5. The molecule has 0 fully saturated rings. The van der Waals surface area contributed by atoms with Gasteiger partial charge in [-0.3, -0.25) is 0 Å². The van der Waals surface area contributed by atoms with Gasteiger partial charge in [0.05, 0.1) is 10.0 Å². The summed E-state index contributed by atoms with van der Waals surface area (Å²) in [5.41, 5.74) is 1.22. The van der Waals surface area contributed by atoms with Gasteiger partial charge in [0.15, 0.2) is 0 Å². The monoisotopic (exact) mass is 282 g/mol. The molecule has 3 nitrogen and oxygen atoms in total. The smallest absolute Gasteiger partial charge is 0.339 e. The first kappa shape index (κ1) is 12.7. The first-order valence-electron chi connectivity index (χ1n) is 5.01. The van der Waals surface area contributed by atoms with E-state index >= 15 is 0 Å². The summed E-state index contributed by atoms with van der Waals surface area (Å²) in [6.45, 7) is 0. The van der Waals surface area contributed by atoms with E-state index < -0.39 is 5.97 Å². The van der Waals surface area contributed by atoms with E-state index in [4.69, 9.17) is 28.3 Å². The number of benzene rings is 2. The second-order valence-corrected chi connectivity index (χ2v) is 4.48. The van der Waals surface area contributed by atoms with E-state index in [1.165, 1.54) is 12.1 Å². The summed E-state index contributed by atoms with van der Waals surface area (Å²) in [7, 11) is 0. The molecule has 92 valence electrons. The number of carboxylic acid groups (broad SMARTS) is 1. The molecule has 0 aromatic heterocycles. The Hall–Kier alpha value is -1.71. The van der Waals surface area contributed by atoms with Crippen LogP contribution in [-0.2, 0) is 0 Å². The molecule has 0 bridgehead atoms. The summed E-state index contributed by atoms with van der Waals surface area (Å²) in [6, 6.07) is 9.33. The quantitative estimate of drug-likeness (QED) is 0.873. The Labute approximate surface area is 113 Å². The molecular weight excluding hydrogens is 275 g/mol. The minimum Gasteiger partial charge on any atom is -0.507 e. The average Bonchev–Trinajstić information content (AvgIpc) is 2.33. The number of halogens is 2. The van der Waals surface area contributed by atoms with Crippen LogP contribution in [0.1, 0.15) is 10.4 Å². The zero-order chi connectivity index (χ0) is 13.3. The van der Waals surface area contributed by atoms with Crippen molar-refractivity contribution in [3.8, 4) is 16.9 Å². The fraction of sp³-hybridized carbons (Fsp3) is 0. The summed E-state index contributed by atoms with van der Waals surface area (Å²) in [6.07, 6.45) is 0. The van der Waals surface area contributed by atoms with Gasteiger partial charge in [-0.15, -0.1) is 0 Å². The van der Waals surface area contributed by atoms with Crippen LogP contribution in [0.2, 0.25) is 10.0 Å². The third-order valence-electron chi connectivity index (χ3n) is 2.48. The Bertz CT molecular complexity index is 624. The lowest BCUT2D eigenvalue weighted by Crippen LogP contribution is -1.97. The number of aromatic carboxylic acids is 1. The largest absolute Gasteiger partial charge is 0.507 e. The highest BCUT2D eigenvalue weighted by Crippen LogP contribution is 2.30. The zero-order valence-electron chi connectivity index (χ0n) is 9.02.